The summed E-state index contributed by atoms with van der Waals surface area (Å²) in [6.45, 7) is 6.40. The number of carbonyl (C=O) groups is 1. The highest BCUT2D eigenvalue weighted by Crippen LogP contribution is 2.16. The van der Waals surface area contributed by atoms with Crippen LogP contribution in [0, 0.1) is 12.7 Å². The average molecular weight is 415 g/mol. The first-order valence-corrected chi connectivity index (χ1v) is 8.74. The van der Waals surface area contributed by atoms with Crippen LogP contribution in [0.4, 0.5) is 29.2 Å². The van der Waals surface area contributed by atoms with Crippen LogP contribution in [-0.2, 0) is 11.3 Å². The number of rotatable bonds is 4. The van der Waals surface area contributed by atoms with Gasteiger partial charge in [0.2, 0.25) is 5.95 Å². The van der Waals surface area contributed by atoms with Gasteiger partial charge in [0.1, 0.15) is 0 Å². The van der Waals surface area contributed by atoms with Crippen molar-refractivity contribution in [3.63, 3.8) is 0 Å². The van der Waals surface area contributed by atoms with Gasteiger partial charge in [0.15, 0.2) is 5.82 Å². The van der Waals surface area contributed by atoms with E-state index in [1.54, 1.807) is 6.92 Å². The van der Waals surface area contributed by atoms with Gasteiger partial charge in [-0.05, 0) is 24.6 Å². The molecule has 0 aliphatic carbocycles. The minimum Gasteiger partial charge on any atom is -0.475 e. The third-order valence-corrected chi connectivity index (χ3v) is 4.03. The van der Waals surface area contributed by atoms with Crippen molar-refractivity contribution in [3.05, 3.63) is 47.5 Å². The first-order chi connectivity index (χ1) is 13.7. The molecule has 1 saturated heterocycles. The predicted octanol–water partition coefficient (Wildman–Crippen LogP) is 2.58. The molecule has 0 amide bonds. The first kappa shape index (κ1) is 22.3. The highest BCUT2D eigenvalue weighted by molar-refractivity contribution is 5.73. The fraction of sp³-hybridized carbons (Fsp3) is 0.389. The molecule has 0 atom stereocenters. The predicted molar refractivity (Wildman–Crippen MR) is 99.3 cm³/mol. The molecule has 0 unspecified atom stereocenters. The van der Waals surface area contributed by atoms with E-state index in [1.165, 1.54) is 11.9 Å². The van der Waals surface area contributed by atoms with E-state index in [2.05, 4.69) is 49.8 Å². The van der Waals surface area contributed by atoms with E-state index < -0.39 is 12.1 Å². The van der Waals surface area contributed by atoms with Crippen LogP contribution in [0.2, 0.25) is 0 Å². The van der Waals surface area contributed by atoms with Crippen molar-refractivity contribution in [2.24, 2.45) is 0 Å². The second-order valence-corrected chi connectivity index (χ2v) is 6.19. The number of anilines is 2. The summed E-state index contributed by atoms with van der Waals surface area (Å²) >= 11 is 0. The molecule has 2 aromatic rings. The Labute approximate surface area is 164 Å². The van der Waals surface area contributed by atoms with Gasteiger partial charge in [-0.2, -0.15) is 13.2 Å². The lowest BCUT2D eigenvalue weighted by Gasteiger charge is -2.29. The summed E-state index contributed by atoms with van der Waals surface area (Å²) in [5, 5.41) is 13.6. The summed E-state index contributed by atoms with van der Waals surface area (Å²) in [7, 11) is 0. The summed E-state index contributed by atoms with van der Waals surface area (Å²) in [4.78, 5) is 19.3. The Morgan fingerprint density at radius 1 is 1.24 bits per heavy atom. The summed E-state index contributed by atoms with van der Waals surface area (Å²) in [5.74, 6) is -2.69. The van der Waals surface area contributed by atoms with Gasteiger partial charge in [-0.1, -0.05) is 12.1 Å². The molecule has 29 heavy (non-hydrogen) atoms. The second kappa shape index (κ2) is 10.0. The van der Waals surface area contributed by atoms with Crippen LogP contribution in [0.3, 0.4) is 0 Å². The summed E-state index contributed by atoms with van der Waals surface area (Å²) in [5.41, 5.74) is 2.75. The van der Waals surface area contributed by atoms with Gasteiger partial charge in [0, 0.05) is 38.4 Å². The quantitative estimate of drug-likeness (QED) is 0.662. The number of hydrogen-bond donors (Lipinski definition) is 3. The fourth-order valence-electron chi connectivity index (χ4n) is 2.47. The SMILES string of the molecule is Cc1nc(NCc2ccc(N3CCNCC3)cc2)ncc1F.O=C(O)C(F)(F)F. The number of nitrogens with zero attached hydrogens (tertiary/aromatic N) is 3. The summed E-state index contributed by atoms with van der Waals surface area (Å²) in [6, 6.07) is 8.47. The molecule has 0 bridgehead atoms. The number of benzene rings is 1. The van der Waals surface area contributed by atoms with Gasteiger partial charge in [-0.3, -0.25) is 0 Å². The minimum absolute atomic E-state index is 0.353. The zero-order valence-corrected chi connectivity index (χ0v) is 15.6. The van der Waals surface area contributed by atoms with Crippen LogP contribution in [0.15, 0.2) is 30.5 Å². The highest BCUT2D eigenvalue weighted by atomic mass is 19.4. The maximum absolute atomic E-state index is 13.1. The Morgan fingerprint density at radius 2 is 1.83 bits per heavy atom. The number of alkyl halides is 3. The molecule has 11 heteroatoms. The molecular formula is C18H21F4N5O2. The Bertz CT molecular complexity index is 809. The van der Waals surface area contributed by atoms with E-state index in [0.717, 1.165) is 31.7 Å². The van der Waals surface area contributed by atoms with E-state index >= 15 is 0 Å². The van der Waals surface area contributed by atoms with Crippen molar-refractivity contribution in [2.45, 2.75) is 19.6 Å². The van der Waals surface area contributed by atoms with Crippen molar-refractivity contribution in [2.75, 3.05) is 36.4 Å². The van der Waals surface area contributed by atoms with Crippen LogP contribution >= 0.6 is 0 Å². The topological polar surface area (TPSA) is 90.4 Å². The number of nitrogens with one attached hydrogen (secondary N) is 2. The summed E-state index contributed by atoms with van der Waals surface area (Å²) < 4.78 is 44.9. The third-order valence-electron chi connectivity index (χ3n) is 4.03. The molecule has 2 heterocycles. The normalized spacial score (nSPS) is 14.0. The highest BCUT2D eigenvalue weighted by Gasteiger charge is 2.38. The lowest BCUT2D eigenvalue weighted by Crippen LogP contribution is -2.43. The lowest BCUT2D eigenvalue weighted by molar-refractivity contribution is -0.192. The Balaban J connectivity index is 0.000000370. The number of aliphatic carboxylic acids is 1. The van der Waals surface area contributed by atoms with Crippen LogP contribution in [0.25, 0.3) is 0 Å². The van der Waals surface area contributed by atoms with Crippen LogP contribution in [-0.4, -0.2) is 53.4 Å². The van der Waals surface area contributed by atoms with Crippen LogP contribution in [0.1, 0.15) is 11.3 Å². The Morgan fingerprint density at radius 3 is 2.34 bits per heavy atom. The molecule has 1 aromatic heterocycles. The van der Waals surface area contributed by atoms with Crippen molar-refractivity contribution in [1.29, 1.82) is 0 Å². The number of piperazine rings is 1. The second-order valence-electron chi connectivity index (χ2n) is 6.19. The summed E-state index contributed by atoms with van der Waals surface area (Å²) in [6.07, 6.45) is -3.89. The van der Waals surface area contributed by atoms with E-state index in [9.17, 15) is 17.6 Å². The van der Waals surface area contributed by atoms with Crippen molar-refractivity contribution < 1.29 is 27.5 Å². The van der Waals surface area contributed by atoms with Gasteiger partial charge in [-0.15, -0.1) is 0 Å². The number of aryl methyl sites for hydroxylation is 1. The number of halogens is 4. The molecule has 3 rings (SSSR count). The van der Waals surface area contributed by atoms with Crippen molar-refractivity contribution in [3.8, 4) is 0 Å². The molecule has 0 saturated carbocycles. The zero-order chi connectivity index (χ0) is 21.4. The van der Waals surface area contributed by atoms with Crippen LogP contribution < -0.4 is 15.5 Å². The molecule has 0 radical (unpaired) electrons. The molecular weight excluding hydrogens is 394 g/mol. The molecule has 1 aliphatic rings. The first-order valence-electron chi connectivity index (χ1n) is 8.74. The smallest absolute Gasteiger partial charge is 0.475 e. The third kappa shape index (κ3) is 7.18. The molecule has 158 valence electrons. The van der Waals surface area contributed by atoms with E-state index in [4.69, 9.17) is 9.90 Å². The number of carboxylic acid groups (broad SMARTS) is 1. The molecule has 0 spiro atoms. The van der Waals surface area contributed by atoms with Crippen molar-refractivity contribution in [1.82, 2.24) is 15.3 Å². The molecule has 3 N–H and O–H groups in total. The van der Waals surface area contributed by atoms with E-state index in [-0.39, 0.29) is 5.82 Å². The van der Waals surface area contributed by atoms with Gasteiger partial charge >= 0.3 is 12.1 Å². The monoisotopic (exact) mass is 415 g/mol. The average Bonchev–Trinajstić information content (AvgIpc) is 2.70. The molecule has 1 fully saturated rings. The maximum Gasteiger partial charge on any atom is 0.490 e. The standard InChI is InChI=1S/C16H20FN5.C2HF3O2/c1-12-15(17)11-20-16(21-12)19-10-13-2-4-14(5-3-13)22-8-6-18-7-9-22;3-2(4,5)1(6)7/h2-5,11,18H,6-10H2,1H3,(H,19,20,21);(H,6,7). The number of carboxylic acids is 1. The van der Waals surface area contributed by atoms with Gasteiger partial charge in [0.25, 0.3) is 0 Å². The zero-order valence-electron chi connectivity index (χ0n) is 15.6. The van der Waals surface area contributed by atoms with Gasteiger partial charge in [-0.25, -0.2) is 19.2 Å². The van der Waals surface area contributed by atoms with E-state index in [0.29, 0.717) is 18.2 Å². The largest absolute Gasteiger partial charge is 0.490 e. The maximum atomic E-state index is 13.1. The number of hydrogen-bond acceptors (Lipinski definition) is 6. The lowest BCUT2D eigenvalue weighted by atomic mass is 10.2. The molecule has 1 aliphatic heterocycles. The van der Waals surface area contributed by atoms with Gasteiger partial charge in [0.05, 0.1) is 11.9 Å². The molecule has 7 nitrogen and oxygen atoms in total. The van der Waals surface area contributed by atoms with Gasteiger partial charge < -0.3 is 20.6 Å². The molecule has 1 aromatic carbocycles. The number of aromatic nitrogens is 2. The Kier molecular flexibility index (Phi) is 7.71. The minimum atomic E-state index is -5.08. The van der Waals surface area contributed by atoms with E-state index in [1.807, 2.05) is 0 Å². The van der Waals surface area contributed by atoms with Crippen LogP contribution in [0.5, 0.6) is 0 Å². The fourth-order valence-corrected chi connectivity index (χ4v) is 2.47. The van der Waals surface area contributed by atoms with Crippen molar-refractivity contribution >= 4 is 17.6 Å². The Hall–Kier alpha value is -2.95.